The summed E-state index contributed by atoms with van der Waals surface area (Å²) < 4.78 is 41.4. The van der Waals surface area contributed by atoms with Crippen LogP contribution in [0.25, 0.3) is 5.65 Å². The van der Waals surface area contributed by atoms with Crippen LogP contribution >= 0.6 is 0 Å². The van der Waals surface area contributed by atoms with E-state index < -0.39 is 15.7 Å². The fourth-order valence-electron chi connectivity index (χ4n) is 2.78. The monoisotopic (exact) mass is 377 g/mol. The van der Waals surface area contributed by atoms with Crippen molar-refractivity contribution in [2.45, 2.75) is 23.3 Å². The van der Waals surface area contributed by atoms with Gasteiger partial charge in [-0.1, -0.05) is 6.07 Å². The lowest BCUT2D eigenvalue weighted by atomic mass is 10.3. The summed E-state index contributed by atoms with van der Waals surface area (Å²) in [6.07, 6.45) is 0. The molecule has 0 aliphatic heterocycles. The number of anilines is 1. The van der Waals surface area contributed by atoms with Gasteiger partial charge in [0.05, 0.1) is 10.6 Å². The number of sulfone groups is 1. The van der Waals surface area contributed by atoms with Crippen LogP contribution in [-0.2, 0) is 16.4 Å². The molecular formula is C17H20FN5O2S. The predicted octanol–water partition coefficient (Wildman–Crippen LogP) is 2.11. The third-order valence-electron chi connectivity index (χ3n) is 3.87. The third-order valence-corrected chi connectivity index (χ3v) is 5.66. The molecule has 0 saturated carbocycles. The summed E-state index contributed by atoms with van der Waals surface area (Å²) in [4.78, 5) is 6.25. The van der Waals surface area contributed by atoms with Crippen LogP contribution in [0.1, 0.15) is 11.4 Å². The molecule has 0 atom stereocenters. The van der Waals surface area contributed by atoms with E-state index in [1.807, 2.05) is 32.0 Å². The maximum atomic E-state index is 13.6. The van der Waals surface area contributed by atoms with Crippen molar-refractivity contribution in [2.24, 2.45) is 0 Å². The van der Waals surface area contributed by atoms with E-state index in [2.05, 4.69) is 15.4 Å². The molecular weight excluding hydrogens is 357 g/mol. The van der Waals surface area contributed by atoms with Gasteiger partial charge in [-0.05, 0) is 45.3 Å². The average Bonchev–Trinajstić information content (AvgIpc) is 2.94. The molecule has 0 aliphatic rings. The fraction of sp³-hybridized carbons (Fsp3) is 0.294. The highest BCUT2D eigenvalue weighted by Crippen LogP contribution is 2.31. The first-order chi connectivity index (χ1) is 12.2. The van der Waals surface area contributed by atoms with E-state index in [4.69, 9.17) is 0 Å². The Balaban J connectivity index is 2.31. The van der Waals surface area contributed by atoms with E-state index in [9.17, 15) is 12.8 Å². The molecule has 3 aromatic rings. The summed E-state index contributed by atoms with van der Waals surface area (Å²) in [5.74, 6) is -0.446. The highest BCUT2D eigenvalue weighted by Gasteiger charge is 2.29. The van der Waals surface area contributed by atoms with E-state index in [-0.39, 0.29) is 21.3 Å². The Bertz CT molecular complexity index is 1080. The first-order valence-electron chi connectivity index (χ1n) is 7.96. The van der Waals surface area contributed by atoms with Gasteiger partial charge in [0.1, 0.15) is 5.82 Å². The Kier molecular flexibility index (Phi) is 4.68. The lowest BCUT2D eigenvalue weighted by Crippen LogP contribution is -2.13. The van der Waals surface area contributed by atoms with Gasteiger partial charge in [-0.2, -0.15) is 0 Å². The Morgan fingerprint density at radius 3 is 2.62 bits per heavy atom. The second kappa shape index (κ2) is 6.65. The van der Waals surface area contributed by atoms with Gasteiger partial charge in [0, 0.05) is 19.3 Å². The molecule has 7 nitrogen and oxygen atoms in total. The molecule has 2 heterocycles. The van der Waals surface area contributed by atoms with Crippen molar-refractivity contribution >= 4 is 21.3 Å². The topological polar surface area (TPSA) is 79.6 Å². The van der Waals surface area contributed by atoms with Gasteiger partial charge in [-0.3, -0.25) is 0 Å². The van der Waals surface area contributed by atoms with Crippen molar-refractivity contribution in [1.29, 1.82) is 0 Å². The number of benzene rings is 1. The Hall–Kier alpha value is -2.52. The lowest BCUT2D eigenvalue weighted by molar-refractivity contribution is 0.396. The van der Waals surface area contributed by atoms with Crippen LogP contribution in [0.3, 0.4) is 0 Å². The van der Waals surface area contributed by atoms with Crippen molar-refractivity contribution < 1.29 is 12.8 Å². The van der Waals surface area contributed by atoms with Gasteiger partial charge in [0.25, 0.3) is 0 Å². The van der Waals surface area contributed by atoms with Crippen LogP contribution in [0.15, 0.2) is 40.1 Å². The minimum atomic E-state index is -4.01. The summed E-state index contributed by atoms with van der Waals surface area (Å²) in [5.41, 5.74) is 1.69. The van der Waals surface area contributed by atoms with Crippen molar-refractivity contribution in [1.82, 2.24) is 19.5 Å². The normalized spacial score (nSPS) is 12.1. The summed E-state index contributed by atoms with van der Waals surface area (Å²) in [6, 6.07) is 6.78. The third kappa shape index (κ3) is 3.15. The molecule has 0 aliphatic carbocycles. The summed E-state index contributed by atoms with van der Waals surface area (Å²) >= 11 is 0. The molecule has 9 heteroatoms. The number of hydrogen-bond donors (Lipinski definition) is 1. The zero-order valence-electron chi connectivity index (χ0n) is 15.0. The number of hydrogen-bond acceptors (Lipinski definition) is 6. The fourth-order valence-corrected chi connectivity index (χ4v) is 4.31. The Labute approximate surface area is 151 Å². The molecule has 0 fully saturated rings. The first-order valence-corrected chi connectivity index (χ1v) is 9.44. The quantitative estimate of drug-likeness (QED) is 0.734. The van der Waals surface area contributed by atoms with E-state index in [1.165, 1.54) is 22.7 Å². The second-order valence-electron chi connectivity index (χ2n) is 6.25. The minimum absolute atomic E-state index is 0.0608. The number of rotatable bonds is 5. The molecule has 0 bridgehead atoms. The molecule has 3 rings (SSSR count). The molecule has 0 radical (unpaired) electrons. The van der Waals surface area contributed by atoms with E-state index in [0.29, 0.717) is 6.54 Å². The van der Waals surface area contributed by atoms with Crippen molar-refractivity contribution in [3.05, 3.63) is 47.5 Å². The maximum absolute atomic E-state index is 13.6. The van der Waals surface area contributed by atoms with E-state index in [1.54, 1.807) is 7.05 Å². The second-order valence-corrected chi connectivity index (χ2v) is 8.14. The van der Waals surface area contributed by atoms with Gasteiger partial charge in [-0.15, -0.1) is 5.10 Å². The standard InChI is InChI=1S/C17H20FN5O2S/c1-11-8-13(10-22(3)4)20-17-15(16(19-2)21-23(11)17)26(24,25)14-7-5-6-12(18)9-14/h5-9H,10H2,1-4H3,(H,19,21). The molecule has 1 N–H and O–H groups in total. The number of aromatic nitrogens is 3. The first kappa shape index (κ1) is 18.3. The van der Waals surface area contributed by atoms with Crippen molar-refractivity contribution in [3.8, 4) is 0 Å². The molecule has 2 aromatic heterocycles. The van der Waals surface area contributed by atoms with Crippen LogP contribution in [-0.4, -0.2) is 49.1 Å². The predicted molar refractivity (Wildman–Crippen MR) is 96.5 cm³/mol. The largest absolute Gasteiger partial charge is 0.370 e. The SMILES string of the molecule is CNc1nn2c(C)cc(CN(C)C)nc2c1S(=O)(=O)c1cccc(F)c1. The van der Waals surface area contributed by atoms with Crippen LogP contribution in [0.5, 0.6) is 0 Å². The van der Waals surface area contributed by atoms with Gasteiger partial charge in [0.2, 0.25) is 9.84 Å². The number of fused-ring (bicyclic) bond motifs is 1. The van der Waals surface area contributed by atoms with Crippen molar-refractivity contribution in [2.75, 3.05) is 26.5 Å². The highest BCUT2D eigenvalue weighted by molar-refractivity contribution is 7.91. The van der Waals surface area contributed by atoms with Crippen molar-refractivity contribution in [3.63, 3.8) is 0 Å². The molecule has 1 aromatic carbocycles. The summed E-state index contributed by atoms with van der Waals surface area (Å²) in [6.45, 7) is 2.38. The summed E-state index contributed by atoms with van der Waals surface area (Å²) in [5, 5.41) is 7.13. The summed E-state index contributed by atoms with van der Waals surface area (Å²) in [7, 11) is 1.38. The highest BCUT2D eigenvalue weighted by atomic mass is 32.2. The Morgan fingerprint density at radius 2 is 2.00 bits per heavy atom. The van der Waals surface area contributed by atoms with E-state index in [0.717, 1.165) is 17.5 Å². The number of nitrogens with zero attached hydrogens (tertiary/aromatic N) is 4. The maximum Gasteiger partial charge on any atom is 0.214 e. The van der Waals surface area contributed by atoms with Crippen LogP contribution in [0.4, 0.5) is 10.2 Å². The number of halogens is 1. The number of nitrogens with one attached hydrogen (secondary N) is 1. The minimum Gasteiger partial charge on any atom is -0.370 e. The average molecular weight is 377 g/mol. The zero-order valence-corrected chi connectivity index (χ0v) is 15.8. The van der Waals surface area contributed by atoms with Gasteiger partial charge in [-0.25, -0.2) is 22.3 Å². The molecule has 0 spiro atoms. The van der Waals surface area contributed by atoms with E-state index >= 15 is 0 Å². The molecule has 26 heavy (non-hydrogen) atoms. The Morgan fingerprint density at radius 1 is 1.27 bits per heavy atom. The molecule has 0 amide bonds. The smallest absolute Gasteiger partial charge is 0.214 e. The van der Waals surface area contributed by atoms with Crippen LogP contribution in [0.2, 0.25) is 0 Å². The van der Waals surface area contributed by atoms with Gasteiger partial charge < -0.3 is 10.2 Å². The van der Waals surface area contributed by atoms with Gasteiger partial charge in [0.15, 0.2) is 16.4 Å². The molecule has 0 saturated heterocycles. The van der Waals surface area contributed by atoms with Crippen LogP contribution in [0, 0.1) is 12.7 Å². The molecule has 0 unspecified atom stereocenters. The van der Waals surface area contributed by atoms with Crippen LogP contribution < -0.4 is 5.32 Å². The zero-order chi connectivity index (χ0) is 19.1. The number of aryl methyl sites for hydroxylation is 1. The lowest BCUT2D eigenvalue weighted by Gasteiger charge is -2.11. The van der Waals surface area contributed by atoms with Gasteiger partial charge >= 0.3 is 0 Å². The molecule has 138 valence electrons.